The number of likely N-dealkylation sites (tertiary alicyclic amines) is 2. The van der Waals surface area contributed by atoms with Crippen molar-refractivity contribution in [3.8, 4) is 11.6 Å². The fourth-order valence-corrected chi connectivity index (χ4v) is 4.04. The van der Waals surface area contributed by atoms with Gasteiger partial charge < -0.3 is 25.2 Å². The van der Waals surface area contributed by atoms with Crippen LogP contribution in [0.2, 0.25) is 0 Å². The predicted octanol–water partition coefficient (Wildman–Crippen LogP) is 2.42. The van der Waals surface area contributed by atoms with Crippen LogP contribution in [0.3, 0.4) is 0 Å². The van der Waals surface area contributed by atoms with Gasteiger partial charge in [-0.1, -0.05) is 5.16 Å². The number of hydrogen-bond acceptors (Lipinski definition) is 8. The monoisotopic (exact) mass is 449 g/mol. The first kappa shape index (κ1) is 23.9. The molecular weight excluding hydrogens is 414 g/mol. The van der Waals surface area contributed by atoms with Crippen LogP contribution in [0.5, 0.6) is 11.6 Å². The van der Waals surface area contributed by atoms with E-state index in [0.29, 0.717) is 24.2 Å². The minimum absolute atomic E-state index is 0.0873. The molecule has 1 aromatic rings. The number of rotatable bonds is 6. The highest BCUT2D eigenvalue weighted by molar-refractivity contribution is 5.95. The van der Waals surface area contributed by atoms with Crippen LogP contribution in [0.4, 0.5) is 4.79 Å². The zero-order chi connectivity index (χ0) is 23.6. The van der Waals surface area contributed by atoms with Crippen molar-refractivity contribution in [2.45, 2.75) is 77.4 Å². The number of amidine groups is 1. The summed E-state index contributed by atoms with van der Waals surface area (Å²) in [5, 5.41) is 12.2. The predicted molar refractivity (Wildman–Crippen MR) is 119 cm³/mol. The molecule has 32 heavy (non-hydrogen) atoms. The highest BCUT2D eigenvalue weighted by atomic mass is 16.6. The quantitative estimate of drug-likeness (QED) is 0.294. The van der Waals surface area contributed by atoms with Gasteiger partial charge in [-0.25, -0.2) is 9.78 Å². The fraction of sp³-hybridized carbons (Fsp3) is 0.682. The average molecular weight is 450 g/mol. The summed E-state index contributed by atoms with van der Waals surface area (Å²) < 4.78 is 17.6. The molecule has 0 bridgehead atoms. The third-order valence-electron chi connectivity index (χ3n) is 5.89. The number of likely N-dealkylation sites (N-methyl/N-ethyl adjacent to an activating group) is 1. The van der Waals surface area contributed by atoms with Crippen LogP contribution in [0.1, 0.15) is 53.2 Å². The van der Waals surface area contributed by atoms with Gasteiger partial charge in [0.05, 0.1) is 12.6 Å². The van der Waals surface area contributed by atoms with Crippen LogP contribution in [0.25, 0.3) is 0 Å². The maximum absolute atomic E-state index is 12.3. The lowest BCUT2D eigenvalue weighted by atomic mass is 10.0. The second-order valence-electron chi connectivity index (χ2n) is 9.55. The van der Waals surface area contributed by atoms with Crippen LogP contribution in [-0.4, -0.2) is 81.9 Å². The molecule has 0 radical (unpaired) electrons. The van der Waals surface area contributed by atoms with Gasteiger partial charge in [0.25, 0.3) is 0 Å². The van der Waals surface area contributed by atoms with Gasteiger partial charge in [-0.2, -0.15) is 0 Å². The van der Waals surface area contributed by atoms with Gasteiger partial charge in [0.2, 0.25) is 5.88 Å². The zero-order valence-electron chi connectivity index (χ0n) is 19.7. The molecule has 2 fully saturated rings. The molecule has 3 heterocycles. The SMILES string of the molecule is C[C@H](Oc1cc(OC2CN(C(=O)OC(C)(C)C)[C@@H]2C)cc(/C(N)=N/O)n1)[C@@H]1CCCN1C. The Kier molecular flexibility index (Phi) is 7.02. The van der Waals surface area contributed by atoms with Crippen LogP contribution in [0, 0.1) is 0 Å². The third-order valence-corrected chi connectivity index (χ3v) is 5.89. The van der Waals surface area contributed by atoms with Gasteiger partial charge in [-0.3, -0.25) is 9.80 Å². The minimum Gasteiger partial charge on any atom is -0.486 e. The van der Waals surface area contributed by atoms with E-state index in [-0.39, 0.29) is 35.9 Å². The lowest BCUT2D eigenvalue weighted by molar-refractivity contribution is -0.0537. The summed E-state index contributed by atoms with van der Waals surface area (Å²) in [7, 11) is 2.08. The number of nitrogens with two attached hydrogens (primary N) is 1. The highest BCUT2D eigenvalue weighted by Gasteiger charge is 2.42. The first-order valence-electron chi connectivity index (χ1n) is 11.0. The molecule has 3 N–H and O–H groups in total. The summed E-state index contributed by atoms with van der Waals surface area (Å²) in [6.45, 7) is 10.9. The normalized spacial score (nSPS) is 25.2. The molecule has 1 unspecified atom stereocenters. The first-order valence-corrected chi connectivity index (χ1v) is 11.0. The second kappa shape index (κ2) is 9.40. The Balaban J connectivity index is 1.71. The molecule has 178 valence electrons. The van der Waals surface area contributed by atoms with Gasteiger partial charge >= 0.3 is 6.09 Å². The number of nitrogens with zero attached hydrogens (tertiary/aromatic N) is 4. The Hall–Kier alpha value is -2.75. The fourth-order valence-electron chi connectivity index (χ4n) is 4.04. The maximum atomic E-state index is 12.3. The molecular formula is C22H35N5O5. The van der Waals surface area contributed by atoms with Crippen molar-refractivity contribution in [3.05, 3.63) is 17.8 Å². The summed E-state index contributed by atoms with van der Waals surface area (Å²) in [6.07, 6.45) is 1.51. The van der Waals surface area contributed by atoms with Crippen molar-refractivity contribution in [2.75, 3.05) is 20.1 Å². The van der Waals surface area contributed by atoms with E-state index in [9.17, 15) is 4.79 Å². The Bertz CT molecular complexity index is 856. The Morgan fingerprint density at radius 2 is 2.09 bits per heavy atom. The highest BCUT2D eigenvalue weighted by Crippen LogP contribution is 2.29. The van der Waals surface area contributed by atoms with E-state index in [4.69, 9.17) is 25.2 Å². The molecule has 3 rings (SSSR count). The molecule has 10 nitrogen and oxygen atoms in total. The third kappa shape index (κ3) is 5.53. The van der Waals surface area contributed by atoms with Crippen LogP contribution in [-0.2, 0) is 4.74 Å². The number of aromatic nitrogens is 1. The number of carbonyl (C=O) groups is 1. The van der Waals surface area contributed by atoms with Crippen LogP contribution >= 0.6 is 0 Å². The van der Waals surface area contributed by atoms with Crippen molar-refractivity contribution in [1.29, 1.82) is 0 Å². The van der Waals surface area contributed by atoms with Gasteiger partial charge in [-0.15, -0.1) is 0 Å². The van der Waals surface area contributed by atoms with Crippen LogP contribution in [0.15, 0.2) is 17.3 Å². The Labute approximate surface area is 189 Å². The smallest absolute Gasteiger partial charge is 0.410 e. The van der Waals surface area contributed by atoms with E-state index in [1.54, 1.807) is 17.0 Å². The van der Waals surface area contributed by atoms with Gasteiger partial charge in [0, 0.05) is 18.2 Å². The molecule has 0 spiro atoms. The van der Waals surface area contributed by atoms with Crippen molar-refractivity contribution < 1.29 is 24.2 Å². The molecule has 10 heteroatoms. The first-order chi connectivity index (χ1) is 15.0. The molecule has 1 amide bonds. The molecule has 0 aliphatic carbocycles. The van der Waals surface area contributed by atoms with E-state index < -0.39 is 5.60 Å². The van der Waals surface area contributed by atoms with E-state index in [1.165, 1.54) is 0 Å². The lowest BCUT2D eigenvalue weighted by Crippen LogP contribution is -2.63. The molecule has 2 aliphatic rings. The molecule has 1 aromatic heterocycles. The van der Waals surface area contributed by atoms with E-state index >= 15 is 0 Å². The molecule has 4 atom stereocenters. The van der Waals surface area contributed by atoms with Crippen molar-refractivity contribution in [2.24, 2.45) is 10.9 Å². The van der Waals surface area contributed by atoms with E-state index in [2.05, 4.69) is 22.1 Å². The van der Waals surface area contributed by atoms with Crippen LogP contribution < -0.4 is 15.2 Å². The van der Waals surface area contributed by atoms with Crippen molar-refractivity contribution >= 4 is 11.9 Å². The number of hydrogen-bond donors (Lipinski definition) is 2. The average Bonchev–Trinajstić information content (AvgIpc) is 3.14. The van der Waals surface area contributed by atoms with E-state index in [0.717, 1.165) is 19.4 Å². The number of ether oxygens (including phenoxy) is 3. The lowest BCUT2D eigenvalue weighted by Gasteiger charge is -2.45. The van der Waals surface area contributed by atoms with Crippen molar-refractivity contribution in [1.82, 2.24) is 14.8 Å². The number of amides is 1. The van der Waals surface area contributed by atoms with Crippen molar-refractivity contribution in [3.63, 3.8) is 0 Å². The summed E-state index contributed by atoms with van der Waals surface area (Å²) >= 11 is 0. The molecule has 0 saturated carbocycles. The number of oxime groups is 1. The van der Waals surface area contributed by atoms with Gasteiger partial charge in [0.1, 0.15) is 29.3 Å². The van der Waals surface area contributed by atoms with E-state index in [1.807, 2.05) is 34.6 Å². The summed E-state index contributed by atoms with van der Waals surface area (Å²) in [4.78, 5) is 20.6. The Morgan fingerprint density at radius 3 is 2.66 bits per heavy atom. The topological polar surface area (TPSA) is 123 Å². The molecule has 0 aromatic carbocycles. The maximum Gasteiger partial charge on any atom is 0.410 e. The summed E-state index contributed by atoms with van der Waals surface area (Å²) in [5.74, 6) is 0.681. The van der Waals surface area contributed by atoms with Gasteiger partial charge in [-0.05, 0) is 61.1 Å². The summed E-state index contributed by atoms with van der Waals surface area (Å²) in [5.41, 5.74) is 5.48. The largest absolute Gasteiger partial charge is 0.486 e. The number of pyridine rings is 1. The summed E-state index contributed by atoms with van der Waals surface area (Å²) in [6, 6.07) is 3.42. The molecule has 2 saturated heterocycles. The number of carbonyl (C=O) groups excluding carboxylic acids is 1. The van der Waals surface area contributed by atoms with Gasteiger partial charge in [0.15, 0.2) is 5.84 Å². The zero-order valence-corrected chi connectivity index (χ0v) is 19.7. The Morgan fingerprint density at radius 1 is 1.38 bits per heavy atom. The standard InChI is InChI=1S/C22H35N5O5/c1-13-18(12-27(13)21(28)32-22(3,4)5)31-15-10-16(20(23)25-29)24-19(11-15)30-14(2)17-8-7-9-26(17)6/h10-11,13-14,17-18,29H,7-9,12H2,1-6H3,(H2,23,25)/t13-,14+,17+,18?/m1/s1. The minimum atomic E-state index is -0.555. The second-order valence-corrected chi connectivity index (χ2v) is 9.55. The molecule has 2 aliphatic heterocycles.